The molecule has 0 aliphatic heterocycles. The number of ether oxygens (including phenoxy) is 1. The van der Waals surface area contributed by atoms with Crippen molar-refractivity contribution in [1.82, 2.24) is 0 Å². The normalized spacial score (nSPS) is 10.3. The van der Waals surface area contributed by atoms with Crippen LogP contribution in [-0.4, -0.2) is 12.6 Å². The average molecular weight is 328 g/mol. The van der Waals surface area contributed by atoms with E-state index in [0.29, 0.717) is 5.56 Å². The highest BCUT2D eigenvalue weighted by Gasteiger charge is 2.19. The van der Waals surface area contributed by atoms with E-state index in [1.807, 2.05) is 73.7 Å². The van der Waals surface area contributed by atoms with Gasteiger partial charge >= 0.3 is 5.97 Å². The number of carbonyl (C=O) groups is 1. The molecule has 0 spiro atoms. The van der Waals surface area contributed by atoms with Gasteiger partial charge in [-0.25, -0.2) is 4.79 Å². The molecule has 0 unspecified atom stereocenters. The Bertz CT molecular complexity index is 881. The van der Waals surface area contributed by atoms with Gasteiger partial charge in [-0.2, -0.15) is 0 Å². The Balaban J connectivity index is 2.18. The number of benzene rings is 3. The minimum atomic E-state index is -0.325. The van der Waals surface area contributed by atoms with Gasteiger partial charge in [0.1, 0.15) is 6.61 Å². The van der Waals surface area contributed by atoms with Gasteiger partial charge in [0.15, 0.2) is 0 Å². The molecule has 0 heterocycles. The molecule has 0 aliphatic carbocycles. The second-order valence-corrected chi connectivity index (χ2v) is 5.78. The molecular weight excluding hydrogens is 308 g/mol. The zero-order valence-electron chi connectivity index (χ0n) is 14.2. The molecule has 0 atom stereocenters. The molecule has 2 heteroatoms. The van der Waals surface area contributed by atoms with Gasteiger partial charge in [-0.15, -0.1) is 0 Å². The van der Waals surface area contributed by atoms with Crippen molar-refractivity contribution in [3.8, 4) is 22.3 Å². The number of rotatable bonds is 5. The third kappa shape index (κ3) is 3.53. The molecule has 25 heavy (non-hydrogen) atoms. The third-order valence-electron chi connectivity index (χ3n) is 4.17. The molecule has 0 bridgehead atoms. The fourth-order valence-electron chi connectivity index (χ4n) is 2.97. The highest BCUT2D eigenvalue weighted by molar-refractivity contribution is 6.01. The van der Waals surface area contributed by atoms with Gasteiger partial charge in [-0.05, 0) is 34.7 Å². The summed E-state index contributed by atoms with van der Waals surface area (Å²) in [6.07, 6.45) is 1.58. The van der Waals surface area contributed by atoms with Gasteiger partial charge in [-0.1, -0.05) is 85.5 Å². The summed E-state index contributed by atoms with van der Waals surface area (Å²) in [6, 6.07) is 24.0. The fourth-order valence-corrected chi connectivity index (χ4v) is 2.97. The van der Waals surface area contributed by atoms with E-state index in [4.69, 9.17) is 4.74 Å². The number of esters is 1. The maximum Gasteiger partial charge on any atom is 0.339 e. The summed E-state index contributed by atoms with van der Waals surface area (Å²) in [6.45, 7) is 5.79. The predicted octanol–water partition coefficient (Wildman–Crippen LogP) is 5.67. The molecule has 0 saturated carbocycles. The Hall–Kier alpha value is -3.13. The molecular formula is C23H20O2. The first-order chi connectivity index (χ1) is 12.2. The minimum absolute atomic E-state index is 0.196. The second kappa shape index (κ2) is 7.63. The zero-order chi connectivity index (χ0) is 17.6. The SMILES string of the molecule is C=CCOC(=O)c1c(-c2ccccc2)ccc(-c2ccccc2)c1C. The van der Waals surface area contributed by atoms with Gasteiger partial charge in [0.05, 0.1) is 5.56 Å². The summed E-state index contributed by atoms with van der Waals surface area (Å²) in [7, 11) is 0. The van der Waals surface area contributed by atoms with E-state index in [1.54, 1.807) is 6.08 Å². The highest BCUT2D eigenvalue weighted by atomic mass is 16.5. The van der Waals surface area contributed by atoms with E-state index >= 15 is 0 Å². The molecule has 124 valence electrons. The Labute approximate surface area is 148 Å². The minimum Gasteiger partial charge on any atom is -0.458 e. The maximum atomic E-state index is 12.7. The van der Waals surface area contributed by atoms with Crippen LogP contribution in [0.15, 0.2) is 85.5 Å². The van der Waals surface area contributed by atoms with Crippen molar-refractivity contribution in [2.45, 2.75) is 6.92 Å². The van der Waals surface area contributed by atoms with Crippen molar-refractivity contribution in [1.29, 1.82) is 0 Å². The van der Waals surface area contributed by atoms with Crippen LogP contribution in [0, 0.1) is 6.92 Å². The van der Waals surface area contributed by atoms with E-state index in [9.17, 15) is 4.79 Å². The van der Waals surface area contributed by atoms with Crippen molar-refractivity contribution in [2.75, 3.05) is 6.61 Å². The lowest BCUT2D eigenvalue weighted by molar-refractivity contribution is 0.0550. The van der Waals surface area contributed by atoms with Crippen LogP contribution in [0.3, 0.4) is 0 Å². The largest absolute Gasteiger partial charge is 0.458 e. The van der Waals surface area contributed by atoms with Crippen LogP contribution >= 0.6 is 0 Å². The van der Waals surface area contributed by atoms with Crippen molar-refractivity contribution >= 4 is 5.97 Å². The summed E-state index contributed by atoms with van der Waals surface area (Å²) in [4.78, 5) is 12.7. The Kier molecular flexibility index (Phi) is 5.10. The first-order valence-electron chi connectivity index (χ1n) is 8.25. The van der Waals surface area contributed by atoms with Crippen molar-refractivity contribution < 1.29 is 9.53 Å². The van der Waals surface area contributed by atoms with Gasteiger partial charge in [0.2, 0.25) is 0 Å². The van der Waals surface area contributed by atoms with Crippen LogP contribution in [0.1, 0.15) is 15.9 Å². The van der Waals surface area contributed by atoms with E-state index in [1.165, 1.54) is 0 Å². The Morgan fingerprint density at radius 2 is 1.40 bits per heavy atom. The standard InChI is InChI=1S/C23H20O2/c1-3-16-25-23(24)22-17(2)20(18-10-6-4-7-11-18)14-15-21(22)19-12-8-5-9-13-19/h3-15H,1,16H2,2H3. The first kappa shape index (κ1) is 16.7. The molecule has 0 aliphatic rings. The number of hydrogen-bond acceptors (Lipinski definition) is 2. The fraction of sp³-hybridized carbons (Fsp3) is 0.0870. The summed E-state index contributed by atoms with van der Waals surface area (Å²) < 4.78 is 5.35. The van der Waals surface area contributed by atoms with Crippen LogP contribution in [0.4, 0.5) is 0 Å². The molecule has 3 aromatic carbocycles. The predicted molar refractivity (Wildman–Crippen MR) is 103 cm³/mol. The van der Waals surface area contributed by atoms with Crippen LogP contribution < -0.4 is 0 Å². The van der Waals surface area contributed by atoms with E-state index < -0.39 is 0 Å². The lowest BCUT2D eigenvalue weighted by Gasteiger charge is -2.16. The summed E-state index contributed by atoms with van der Waals surface area (Å²) >= 11 is 0. The van der Waals surface area contributed by atoms with Crippen molar-refractivity contribution in [3.63, 3.8) is 0 Å². The topological polar surface area (TPSA) is 26.3 Å². The summed E-state index contributed by atoms with van der Waals surface area (Å²) in [5.74, 6) is -0.325. The van der Waals surface area contributed by atoms with Crippen molar-refractivity contribution in [2.24, 2.45) is 0 Å². The second-order valence-electron chi connectivity index (χ2n) is 5.78. The highest BCUT2D eigenvalue weighted by Crippen LogP contribution is 2.33. The quantitative estimate of drug-likeness (QED) is 0.445. The molecule has 3 rings (SSSR count). The van der Waals surface area contributed by atoms with E-state index in [0.717, 1.165) is 27.8 Å². The average Bonchev–Trinajstić information content (AvgIpc) is 2.67. The molecule has 0 N–H and O–H groups in total. The molecule has 0 amide bonds. The Morgan fingerprint density at radius 1 is 0.880 bits per heavy atom. The molecule has 0 fully saturated rings. The Morgan fingerprint density at radius 3 is 1.96 bits per heavy atom. The monoisotopic (exact) mass is 328 g/mol. The van der Waals surface area contributed by atoms with Crippen molar-refractivity contribution in [3.05, 3.63) is 96.6 Å². The summed E-state index contributed by atoms with van der Waals surface area (Å²) in [5.41, 5.74) is 5.52. The third-order valence-corrected chi connectivity index (χ3v) is 4.17. The maximum absolute atomic E-state index is 12.7. The zero-order valence-corrected chi connectivity index (χ0v) is 14.2. The van der Waals surface area contributed by atoms with Crippen LogP contribution in [0.25, 0.3) is 22.3 Å². The number of carbonyl (C=O) groups excluding carboxylic acids is 1. The molecule has 0 aromatic heterocycles. The smallest absolute Gasteiger partial charge is 0.339 e. The molecule has 2 nitrogen and oxygen atoms in total. The van der Waals surface area contributed by atoms with Crippen LogP contribution in [0.5, 0.6) is 0 Å². The molecule has 0 radical (unpaired) electrons. The van der Waals surface area contributed by atoms with Gasteiger partial charge < -0.3 is 4.74 Å². The van der Waals surface area contributed by atoms with Gasteiger partial charge in [0.25, 0.3) is 0 Å². The molecule has 3 aromatic rings. The molecule has 0 saturated heterocycles. The van der Waals surface area contributed by atoms with E-state index in [2.05, 4.69) is 12.6 Å². The van der Waals surface area contributed by atoms with Gasteiger partial charge in [-0.3, -0.25) is 0 Å². The lowest BCUT2D eigenvalue weighted by Crippen LogP contribution is -2.10. The first-order valence-corrected chi connectivity index (χ1v) is 8.25. The van der Waals surface area contributed by atoms with Crippen LogP contribution in [-0.2, 0) is 4.74 Å². The number of hydrogen-bond donors (Lipinski definition) is 0. The van der Waals surface area contributed by atoms with E-state index in [-0.39, 0.29) is 12.6 Å². The van der Waals surface area contributed by atoms with Crippen LogP contribution in [0.2, 0.25) is 0 Å². The summed E-state index contributed by atoms with van der Waals surface area (Å²) in [5, 5.41) is 0. The lowest BCUT2D eigenvalue weighted by atomic mass is 9.90. The van der Waals surface area contributed by atoms with Gasteiger partial charge in [0, 0.05) is 0 Å².